The summed E-state index contributed by atoms with van der Waals surface area (Å²) in [5.74, 6) is 2.23. The Balaban J connectivity index is 1.20. The van der Waals surface area contributed by atoms with Gasteiger partial charge in [-0.05, 0) is 62.5 Å². The number of furan rings is 1. The van der Waals surface area contributed by atoms with E-state index in [1.807, 2.05) is 30.3 Å². The van der Waals surface area contributed by atoms with Crippen molar-refractivity contribution < 1.29 is 13.9 Å². The Labute approximate surface area is 154 Å². The lowest BCUT2D eigenvalue weighted by atomic mass is 9.95. The van der Waals surface area contributed by atoms with Crippen molar-refractivity contribution in [2.24, 2.45) is 5.92 Å². The van der Waals surface area contributed by atoms with E-state index < -0.39 is 0 Å². The van der Waals surface area contributed by atoms with Crippen molar-refractivity contribution in [3.05, 3.63) is 54.0 Å². The summed E-state index contributed by atoms with van der Waals surface area (Å²) in [6.07, 6.45) is 5.57. The van der Waals surface area contributed by atoms with E-state index in [9.17, 15) is 4.79 Å². The van der Waals surface area contributed by atoms with Crippen LogP contribution in [0.1, 0.15) is 30.6 Å². The van der Waals surface area contributed by atoms with E-state index >= 15 is 0 Å². The molecule has 0 spiro atoms. The third kappa shape index (κ3) is 4.10. The number of piperidine rings is 1. The Hall–Kier alpha value is -2.27. The number of ether oxygens (including phenoxy) is 1. The van der Waals surface area contributed by atoms with Gasteiger partial charge < -0.3 is 14.5 Å². The van der Waals surface area contributed by atoms with Gasteiger partial charge in [0.1, 0.15) is 17.6 Å². The SMILES string of the molecule is O=C(NC[C@H]1CCc2ccccc2O1)C1CCN(Cc2ccco2)CC1. The van der Waals surface area contributed by atoms with Crippen molar-refractivity contribution in [3.8, 4) is 5.75 Å². The molecule has 1 N–H and O–H groups in total. The first-order chi connectivity index (χ1) is 12.8. The highest BCUT2D eigenvalue weighted by Crippen LogP contribution is 2.27. The molecule has 1 atom stereocenters. The molecule has 2 aliphatic heterocycles. The number of carbonyl (C=O) groups excluding carboxylic acids is 1. The van der Waals surface area contributed by atoms with E-state index in [0.717, 1.165) is 56.8 Å². The molecule has 1 aromatic heterocycles. The van der Waals surface area contributed by atoms with Crippen LogP contribution >= 0.6 is 0 Å². The zero-order valence-corrected chi connectivity index (χ0v) is 15.0. The second-order valence-corrected chi connectivity index (χ2v) is 7.26. The van der Waals surface area contributed by atoms with Crippen molar-refractivity contribution in [3.63, 3.8) is 0 Å². The first-order valence-electron chi connectivity index (χ1n) is 9.55. The maximum Gasteiger partial charge on any atom is 0.223 e. The lowest BCUT2D eigenvalue weighted by Gasteiger charge is -2.31. The van der Waals surface area contributed by atoms with Crippen molar-refractivity contribution in [1.82, 2.24) is 10.2 Å². The second kappa shape index (κ2) is 7.96. The average Bonchev–Trinajstić information content (AvgIpc) is 3.19. The third-order valence-corrected chi connectivity index (χ3v) is 5.42. The summed E-state index contributed by atoms with van der Waals surface area (Å²) in [4.78, 5) is 14.9. The summed E-state index contributed by atoms with van der Waals surface area (Å²) in [5.41, 5.74) is 1.26. The highest BCUT2D eigenvalue weighted by Gasteiger charge is 2.26. The fraction of sp³-hybridized carbons (Fsp3) is 0.476. The molecule has 0 radical (unpaired) electrons. The minimum Gasteiger partial charge on any atom is -0.488 e. The quantitative estimate of drug-likeness (QED) is 0.897. The summed E-state index contributed by atoms with van der Waals surface area (Å²) in [6, 6.07) is 12.1. The topological polar surface area (TPSA) is 54.7 Å². The highest BCUT2D eigenvalue weighted by atomic mass is 16.5. The number of benzene rings is 1. The smallest absolute Gasteiger partial charge is 0.223 e. The van der Waals surface area contributed by atoms with Gasteiger partial charge in [-0.25, -0.2) is 0 Å². The molecular weight excluding hydrogens is 328 g/mol. The van der Waals surface area contributed by atoms with Crippen molar-refractivity contribution >= 4 is 5.91 Å². The van der Waals surface area contributed by atoms with Gasteiger partial charge in [0.25, 0.3) is 0 Å². The second-order valence-electron chi connectivity index (χ2n) is 7.26. The van der Waals surface area contributed by atoms with Crippen LogP contribution in [-0.2, 0) is 17.8 Å². The van der Waals surface area contributed by atoms with Gasteiger partial charge in [0.2, 0.25) is 5.91 Å². The molecule has 5 nitrogen and oxygen atoms in total. The molecule has 4 rings (SSSR count). The van der Waals surface area contributed by atoms with Crippen LogP contribution in [0.25, 0.3) is 0 Å². The summed E-state index contributed by atoms with van der Waals surface area (Å²) < 4.78 is 11.4. The fourth-order valence-corrected chi connectivity index (χ4v) is 3.86. The van der Waals surface area contributed by atoms with Gasteiger partial charge in [-0.15, -0.1) is 0 Å². The van der Waals surface area contributed by atoms with Gasteiger partial charge in [-0.1, -0.05) is 18.2 Å². The van der Waals surface area contributed by atoms with E-state index in [2.05, 4.69) is 16.3 Å². The summed E-state index contributed by atoms with van der Waals surface area (Å²) >= 11 is 0. The van der Waals surface area contributed by atoms with Crippen molar-refractivity contribution in [2.75, 3.05) is 19.6 Å². The monoisotopic (exact) mass is 354 g/mol. The van der Waals surface area contributed by atoms with E-state index in [1.54, 1.807) is 6.26 Å². The number of nitrogens with zero attached hydrogens (tertiary/aromatic N) is 1. The van der Waals surface area contributed by atoms with Gasteiger partial charge >= 0.3 is 0 Å². The van der Waals surface area contributed by atoms with E-state index in [-0.39, 0.29) is 17.9 Å². The van der Waals surface area contributed by atoms with Gasteiger partial charge in [0.15, 0.2) is 0 Å². The average molecular weight is 354 g/mol. The Bertz CT molecular complexity index is 721. The molecule has 1 fully saturated rings. The molecule has 26 heavy (non-hydrogen) atoms. The van der Waals surface area contributed by atoms with Crippen LogP contribution in [-0.4, -0.2) is 36.5 Å². The number of nitrogens with one attached hydrogen (secondary N) is 1. The number of amides is 1. The number of fused-ring (bicyclic) bond motifs is 1. The number of rotatable bonds is 5. The number of aryl methyl sites for hydroxylation is 1. The standard InChI is InChI=1S/C21H26N2O3/c24-21(17-9-11-23(12-10-17)15-19-5-3-13-25-19)22-14-18-8-7-16-4-1-2-6-20(16)26-18/h1-6,13,17-18H,7-12,14-15H2,(H,22,24)/t18-/m1/s1. The van der Waals surface area contributed by atoms with Crippen LogP contribution in [0.5, 0.6) is 5.75 Å². The molecule has 5 heteroatoms. The molecule has 0 unspecified atom stereocenters. The minimum absolute atomic E-state index is 0.0768. The van der Waals surface area contributed by atoms with Crippen LogP contribution in [0, 0.1) is 5.92 Å². The maximum absolute atomic E-state index is 12.5. The van der Waals surface area contributed by atoms with Crippen LogP contribution in [0.15, 0.2) is 47.1 Å². The molecule has 138 valence electrons. The van der Waals surface area contributed by atoms with Crippen molar-refractivity contribution in [2.45, 2.75) is 38.3 Å². The van der Waals surface area contributed by atoms with Crippen LogP contribution in [0.3, 0.4) is 0 Å². The molecule has 0 bridgehead atoms. The summed E-state index contributed by atoms with van der Waals surface area (Å²) in [7, 11) is 0. The zero-order valence-electron chi connectivity index (χ0n) is 15.0. The molecule has 0 aliphatic carbocycles. The highest BCUT2D eigenvalue weighted by molar-refractivity contribution is 5.78. The number of hydrogen-bond acceptors (Lipinski definition) is 4. The molecule has 1 amide bonds. The van der Waals surface area contributed by atoms with E-state index in [4.69, 9.17) is 9.15 Å². The third-order valence-electron chi connectivity index (χ3n) is 5.42. The Morgan fingerprint density at radius 1 is 1.12 bits per heavy atom. The van der Waals surface area contributed by atoms with E-state index in [0.29, 0.717) is 6.54 Å². The summed E-state index contributed by atoms with van der Waals surface area (Å²) in [5, 5.41) is 3.11. The van der Waals surface area contributed by atoms with E-state index in [1.165, 1.54) is 5.56 Å². The largest absolute Gasteiger partial charge is 0.488 e. The maximum atomic E-state index is 12.5. The Morgan fingerprint density at radius 3 is 2.77 bits per heavy atom. The van der Waals surface area contributed by atoms with Crippen LogP contribution < -0.4 is 10.1 Å². The molecule has 2 aliphatic rings. The van der Waals surface area contributed by atoms with Gasteiger partial charge in [0, 0.05) is 5.92 Å². The van der Waals surface area contributed by atoms with Gasteiger partial charge in [-0.3, -0.25) is 9.69 Å². The lowest BCUT2D eigenvalue weighted by molar-refractivity contribution is -0.126. The first kappa shape index (κ1) is 17.2. The number of likely N-dealkylation sites (tertiary alicyclic amines) is 1. The Kier molecular flexibility index (Phi) is 5.25. The molecular formula is C21H26N2O3. The number of carbonyl (C=O) groups is 1. The molecule has 0 saturated carbocycles. The number of hydrogen-bond donors (Lipinski definition) is 1. The fourth-order valence-electron chi connectivity index (χ4n) is 3.86. The zero-order chi connectivity index (χ0) is 17.8. The van der Waals surface area contributed by atoms with Crippen LogP contribution in [0.4, 0.5) is 0 Å². The van der Waals surface area contributed by atoms with Crippen molar-refractivity contribution in [1.29, 1.82) is 0 Å². The van der Waals surface area contributed by atoms with Crippen LogP contribution in [0.2, 0.25) is 0 Å². The number of para-hydroxylation sites is 1. The normalized spacial score (nSPS) is 21.0. The summed E-state index contributed by atoms with van der Waals surface area (Å²) in [6.45, 7) is 3.30. The molecule has 2 aromatic rings. The Morgan fingerprint density at radius 2 is 1.96 bits per heavy atom. The predicted octanol–water partition coefficient (Wildman–Crippen LogP) is 3.00. The predicted molar refractivity (Wildman–Crippen MR) is 98.9 cm³/mol. The molecule has 1 aromatic carbocycles. The molecule has 1 saturated heterocycles. The van der Waals surface area contributed by atoms with Gasteiger partial charge in [-0.2, -0.15) is 0 Å². The molecule has 3 heterocycles. The first-order valence-corrected chi connectivity index (χ1v) is 9.55. The lowest BCUT2D eigenvalue weighted by Crippen LogP contribution is -2.43. The van der Waals surface area contributed by atoms with Gasteiger partial charge in [0.05, 0.1) is 19.4 Å². The minimum atomic E-state index is 0.0768.